The summed E-state index contributed by atoms with van der Waals surface area (Å²) in [5, 5.41) is 2.77. The lowest BCUT2D eigenvalue weighted by molar-refractivity contribution is 0.102. The molecule has 0 fully saturated rings. The van der Waals surface area contributed by atoms with Crippen molar-refractivity contribution in [2.24, 2.45) is 0 Å². The van der Waals surface area contributed by atoms with Crippen molar-refractivity contribution >= 4 is 43.2 Å². The molecule has 0 aliphatic carbocycles. The van der Waals surface area contributed by atoms with Gasteiger partial charge in [-0.15, -0.1) is 0 Å². The molecule has 0 unspecified atom stereocenters. The first-order valence-electron chi connectivity index (χ1n) is 6.57. The van der Waals surface area contributed by atoms with E-state index < -0.39 is 10.0 Å². The van der Waals surface area contributed by atoms with E-state index >= 15 is 0 Å². The Kier molecular flexibility index (Phi) is 5.20. The van der Waals surface area contributed by atoms with Crippen LogP contribution in [-0.4, -0.2) is 20.1 Å². The Morgan fingerprint density at radius 1 is 1.09 bits per heavy atom. The Morgan fingerprint density at radius 3 is 2.36 bits per heavy atom. The lowest BCUT2D eigenvalue weighted by Gasteiger charge is -2.08. The van der Waals surface area contributed by atoms with Crippen molar-refractivity contribution in [3.8, 4) is 0 Å². The van der Waals surface area contributed by atoms with Crippen LogP contribution in [0.1, 0.15) is 17.3 Å². The lowest BCUT2D eigenvalue weighted by Crippen LogP contribution is -2.15. The van der Waals surface area contributed by atoms with Crippen LogP contribution < -0.4 is 10.0 Å². The van der Waals surface area contributed by atoms with Crippen molar-refractivity contribution in [2.75, 3.05) is 15.8 Å². The van der Waals surface area contributed by atoms with Crippen LogP contribution in [-0.2, 0) is 10.0 Å². The van der Waals surface area contributed by atoms with Crippen molar-refractivity contribution in [1.29, 1.82) is 0 Å². The van der Waals surface area contributed by atoms with Crippen LogP contribution in [0.3, 0.4) is 0 Å². The summed E-state index contributed by atoms with van der Waals surface area (Å²) < 4.78 is 26.2. The number of halogens is 1. The first-order valence-corrected chi connectivity index (χ1v) is 9.01. The fourth-order valence-corrected chi connectivity index (χ4v) is 2.75. The van der Waals surface area contributed by atoms with Crippen molar-refractivity contribution in [3.63, 3.8) is 0 Å². The minimum Gasteiger partial charge on any atom is -0.322 e. The first kappa shape index (κ1) is 16.5. The van der Waals surface area contributed by atoms with Crippen LogP contribution in [0.25, 0.3) is 0 Å². The molecule has 5 nitrogen and oxygen atoms in total. The van der Waals surface area contributed by atoms with E-state index in [-0.39, 0.29) is 11.7 Å². The van der Waals surface area contributed by atoms with Crippen molar-refractivity contribution < 1.29 is 13.2 Å². The number of anilines is 2. The van der Waals surface area contributed by atoms with Crippen molar-refractivity contribution in [2.45, 2.75) is 6.92 Å². The summed E-state index contributed by atoms with van der Waals surface area (Å²) in [5.74, 6) is -0.263. The smallest absolute Gasteiger partial charge is 0.255 e. The number of amides is 1. The highest BCUT2D eigenvalue weighted by Crippen LogP contribution is 2.17. The van der Waals surface area contributed by atoms with Gasteiger partial charge in [-0.1, -0.05) is 22.0 Å². The Bertz CT molecular complexity index is 774. The standard InChI is InChI=1S/C15H15BrN2O3S/c1-2-22(20,21)18-13-8-6-11(7-9-13)15(19)17-14-5-3-4-12(16)10-14/h3-10,18H,2H2,1H3,(H,17,19). The van der Waals surface area contributed by atoms with Crippen molar-refractivity contribution in [3.05, 3.63) is 58.6 Å². The summed E-state index contributed by atoms with van der Waals surface area (Å²) in [7, 11) is -3.31. The van der Waals surface area contributed by atoms with Gasteiger partial charge in [-0.3, -0.25) is 9.52 Å². The third kappa shape index (κ3) is 4.57. The zero-order valence-electron chi connectivity index (χ0n) is 11.8. The predicted molar refractivity (Wildman–Crippen MR) is 91.6 cm³/mol. The molecule has 2 N–H and O–H groups in total. The molecule has 0 aromatic heterocycles. The Hall–Kier alpha value is -1.86. The minimum atomic E-state index is -3.31. The zero-order chi connectivity index (χ0) is 16.2. The molecule has 116 valence electrons. The average Bonchev–Trinajstić information content (AvgIpc) is 2.47. The molecule has 1 amide bonds. The largest absolute Gasteiger partial charge is 0.322 e. The topological polar surface area (TPSA) is 75.3 Å². The maximum absolute atomic E-state index is 12.1. The Labute approximate surface area is 137 Å². The first-order chi connectivity index (χ1) is 10.4. The molecule has 7 heteroatoms. The second kappa shape index (κ2) is 6.93. The molecule has 2 aromatic rings. The third-order valence-electron chi connectivity index (χ3n) is 2.88. The van der Waals surface area contributed by atoms with Crippen LogP contribution in [0.4, 0.5) is 11.4 Å². The van der Waals surface area contributed by atoms with Gasteiger partial charge in [-0.25, -0.2) is 8.42 Å². The summed E-state index contributed by atoms with van der Waals surface area (Å²) in [5.41, 5.74) is 1.55. The number of carbonyl (C=O) groups is 1. The van der Waals surface area contributed by atoms with Gasteiger partial charge in [0.1, 0.15) is 0 Å². The van der Waals surface area contributed by atoms with E-state index in [1.165, 1.54) is 0 Å². The number of sulfonamides is 1. The molecule has 0 saturated carbocycles. The average molecular weight is 383 g/mol. The van der Waals surface area contributed by atoms with Gasteiger partial charge in [0.15, 0.2) is 0 Å². The molecule has 0 atom stereocenters. The highest BCUT2D eigenvalue weighted by atomic mass is 79.9. The maximum Gasteiger partial charge on any atom is 0.255 e. The molecular formula is C15H15BrN2O3S. The molecule has 0 aliphatic rings. The van der Waals surface area contributed by atoms with E-state index in [2.05, 4.69) is 26.0 Å². The molecule has 0 radical (unpaired) electrons. The van der Waals surface area contributed by atoms with E-state index in [1.807, 2.05) is 12.1 Å². The number of rotatable bonds is 5. The summed E-state index contributed by atoms with van der Waals surface area (Å²) in [6.45, 7) is 1.56. The van der Waals surface area contributed by atoms with Crippen LogP contribution in [0, 0.1) is 0 Å². The van der Waals surface area contributed by atoms with Crippen LogP contribution in [0.15, 0.2) is 53.0 Å². The van der Waals surface area contributed by atoms with Crippen LogP contribution >= 0.6 is 15.9 Å². The number of hydrogen-bond acceptors (Lipinski definition) is 3. The fraction of sp³-hybridized carbons (Fsp3) is 0.133. The third-order valence-corrected chi connectivity index (χ3v) is 4.68. The molecule has 0 bridgehead atoms. The fourth-order valence-electron chi connectivity index (χ4n) is 1.71. The number of hydrogen-bond donors (Lipinski definition) is 2. The van der Waals surface area contributed by atoms with E-state index in [0.717, 1.165) is 4.47 Å². The van der Waals surface area contributed by atoms with Crippen molar-refractivity contribution in [1.82, 2.24) is 0 Å². The van der Waals surface area contributed by atoms with Gasteiger partial charge in [0.2, 0.25) is 10.0 Å². The van der Waals surface area contributed by atoms with E-state index in [4.69, 9.17) is 0 Å². The number of carbonyl (C=O) groups excluding carboxylic acids is 1. The monoisotopic (exact) mass is 382 g/mol. The molecule has 2 aromatic carbocycles. The highest BCUT2D eigenvalue weighted by molar-refractivity contribution is 9.10. The highest BCUT2D eigenvalue weighted by Gasteiger charge is 2.09. The second-order valence-electron chi connectivity index (χ2n) is 4.55. The summed E-state index contributed by atoms with van der Waals surface area (Å²) in [6, 6.07) is 13.5. The number of nitrogens with one attached hydrogen (secondary N) is 2. The quantitative estimate of drug-likeness (QED) is 0.830. The summed E-state index contributed by atoms with van der Waals surface area (Å²) >= 11 is 3.34. The van der Waals surface area contributed by atoms with Gasteiger partial charge in [0.25, 0.3) is 5.91 Å². The zero-order valence-corrected chi connectivity index (χ0v) is 14.2. The number of benzene rings is 2. The van der Waals surface area contributed by atoms with Crippen LogP contribution in [0.5, 0.6) is 0 Å². The minimum absolute atomic E-state index is 0.00186. The van der Waals surface area contributed by atoms with E-state index in [0.29, 0.717) is 16.9 Å². The molecule has 0 spiro atoms. The maximum atomic E-state index is 12.1. The summed E-state index contributed by atoms with van der Waals surface area (Å²) in [6.07, 6.45) is 0. The second-order valence-corrected chi connectivity index (χ2v) is 7.47. The Balaban J connectivity index is 2.08. The Morgan fingerprint density at radius 2 is 1.77 bits per heavy atom. The van der Waals surface area contributed by atoms with Gasteiger partial charge in [0.05, 0.1) is 5.75 Å². The molecule has 22 heavy (non-hydrogen) atoms. The molecule has 0 saturated heterocycles. The van der Waals surface area contributed by atoms with Gasteiger partial charge in [-0.2, -0.15) is 0 Å². The normalized spacial score (nSPS) is 11.0. The van der Waals surface area contributed by atoms with Gasteiger partial charge < -0.3 is 5.32 Å². The van der Waals surface area contributed by atoms with Gasteiger partial charge in [0, 0.05) is 21.4 Å². The lowest BCUT2D eigenvalue weighted by atomic mass is 10.2. The SMILES string of the molecule is CCS(=O)(=O)Nc1ccc(C(=O)Nc2cccc(Br)c2)cc1. The molecular weight excluding hydrogens is 368 g/mol. The van der Waals surface area contributed by atoms with E-state index in [1.54, 1.807) is 43.3 Å². The predicted octanol–water partition coefficient (Wildman–Crippen LogP) is 3.46. The van der Waals surface area contributed by atoms with E-state index in [9.17, 15) is 13.2 Å². The molecule has 0 heterocycles. The molecule has 2 rings (SSSR count). The molecule has 0 aliphatic heterocycles. The summed E-state index contributed by atoms with van der Waals surface area (Å²) in [4.78, 5) is 12.1. The van der Waals surface area contributed by atoms with Crippen LogP contribution in [0.2, 0.25) is 0 Å². The van der Waals surface area contributed by atoms with Gasteiger partial charge in [-0.05, 0) is 49.4 Å². The van der Waals surface area contributed by atoms with Gasteiger partial charge >= 0.3 is 0 Å².